The Morgan fingerprint density at radius 3 is 2.52 bits per heavy atom. The maximum Gasteiger partial charge on any atom is 0.272 e. The number of azo groups is 1. The van der Waals surface area contributed by atoms with E-state index in [4.69, 9.17) is 0 Å². The van der Waals surface area contributed by atoms with E-state index < -0.39 is 0 Å². The van der Waals surface area contributed by atoms with Crippen molar-refractivity contribution in [1.82, 2.24) is 14.8 Å². The molecule has 1 aromatic carbocycles. The van der Waals surface area contributed by atoms with E-state index in [-0.39, 0.29) is 11.1 Å². The molecule has 3 aromatic rings. The number of aryl methyl sites for hydroxylation is 2. The Kier molecular flexibility index (Phi) is 3.98. The fraction of sp³-hybridized carbons (Fsp3) is 0.133. The summed E-state index contributed by atoms with van der Waals surface area (Å²) in [5.74, 6) is 0. The van der Waals surface area contributed by atoms with Gasteiger partial charge in [-0.15, -0.1) is 10.2 Å². The van der Waals surface area contributed by atoms with Crippen molar-refractivity contribution in [2.24, 2.45) is 10.2 Å². The third-order valence-corrected chi connectivity index (χ3v) is 4.09. The second kappa shape index (κ2) is 6.09. The molecule has 0 fully saturated rings. The molecular weight excluding hydrogens is 314 g/mol. The topological polar surface area (TPSA) is 92.5 Å². The van der Waals surface area contributed by atoms with Crippen molar-refractivity contribution < 1.29 is 0 Å². The molecule has 23 heavy (non-hydrogen) atoms. The molecule has 2 heterocycles. The average molecular weight is 327 g/mol. The van der Waals surface area contributed by atoms with E-state index in [9.17, 15) is 9.59 Å². The van der Waals surface area contributed by atoms with Crippen LogP contribution in [0.4, 0.5) is 10.7 Å². The van der Waals surface area contributed by atoms with Crippen LogP contribution >= 0.6 is 11.3 Å². The largest absolute Gasteiger partial charge is 0.272 e. The molecule has 0 radical (unpaired) electrons. The number of aromatic nitrogens is 3. The van der Waals surface area contributed by atoms with Gasteiger partial charge in [0, 0.05) is 12.1 Å². The highest BCUT2D eigenvalue weighted by atomic mass is 32.1. The Bertz CT molecular complexity index is 982. The molecule has 0 atom stereocenters. The molecule has 2 aromatic heterocycles. The van der Waals surface area contributed by atoms with Gasteiger partial charge in [-0.3, -0.25) is 14.7 Å². The van der Waals surface area contributed by atoms with Crippen LogP contribution < -0.4 is 11.1 Å². The number of benzene rings is 1. The van der Waals surface area contributed by atoms with Crippen molar-refractivity contribution in [1.29, 1.82) is 0 Å². The molecule has 0 aliphatic heterocycles. The molecule has 0 saturated carbocycles. The summed E-state index contributed by atoms with van der Waals surface area (Å²) < 4.78 is 1.10. The molecule has 0 aliphatic rings. The van der Waals surface area contributed by atoms with E-state index >= 15 is 0 Å². The molecule has 1 N–H and O–H groups in total. The summed E-state index contributed by atoms with van der Waals surface area (Å²) in [6.45, 7) is 3.77. The maximum absolute atomic E-state index is 11.8. The maximum atomic E-state index is 11.8. The number of H-pyrrole nitrogens is 1. The summed E-state index contributed by atoms with van der Waals surface area (Å²) in [5, 5.41) is 11.7. The van der Waals surface area contributed by atoms with Gasteiger partial charge in [0.05, 0.1) is 11.4 Å². The summed E-state index contributed by atoms with van der Waals surface area (Å²) in [6, 6.07) is 10.0. The fourth-order valence-corrected chi connectivity index (χ4v) is 2.70. The van der Waals surface area contributed by atoms with Gasteiger partial charge in [0.15, 0.2) is 5.00 Å². The number of hydrogen-bond donors (Lipinski definition) is 1. The summed E-state index contributed by atoms with van der Waals surface area (Å²) in [5.41, 5.74) is 1.78. The number of thiazole rings is 1. The van der Waals surface area contributed by atoms with Crippen LogP contribution in [0.3, 0.4) is 0 Å². The standard InChI is InChI=1S/C15H13N5O2S/c1-9-3-5-11(6-4-9)17-18-14-10(2)16-15(23-14)20-13(22)8-7-12(21)19-20/h3-8H,1-2H3,(H,19,21). The van der Waals surface area contributed by atoms with Gasteiger partial charge in [0.2, 0.25) is 5.13 Å². The summed E-state index contributed by atoms with van der Waals surface area (Å²) in [6.07, 6.45) is 0. The minimum absolute atomic E-state index is 0.350. The lowest BCUT2D eigenvalue weighted by Gasteiger charge is -1.97. The Morgan fingerprint density at radius 1 is 1.04 bits per heavy atom. The van der Waals surface area contributed by atoms with Crippen LogP contribution in [-0.2, 0) is 0 Å². The lowest BCUT2D eigenvalue weighted by Crippen LogP contribution is -2.26. The highest BCUT2D eigenvalue weighted by molar-refractivity contribution is 7.17. The van der Waals surface area contributed by atoms with Gasteiger partial charge in [-0.1, -0.05) is 29.0 Å². The molecule has 0 bridgehead atoms. The van der Waals surface area contributed by atoms with Crippen LogP contribution in [0, 0.1) is 13.8 Å². The van der Waals surface area contributed by atoms with Crippen molar-refractivity contribution in [3.8, 4) is 5.13 Å². The first-order valence-corrected chi connectivity index (χ1v) is 7.63. The van der Waals surface area contributed by atoms with E-state index in [2.05, 4.69) is 20.3 Å². The van der Waals surface area contributed by atoms with Gasteiger partial charge in [-0.05, 0) is 26.0 Å². The third kappa shape index (κ3) is 3.32. The molecule has 3 rings (SSSR count). The molecule has 0 amide bonds. The van der Waals surface area contributed by atoms with Gasteiger partial charge >= 0.3 is 0 Å². The Balaban J connectivity index is 1.95. The van der Waals surface area contributed by atoms with Gasteiger partial charge in [-0.25, -0.2) is 4.98 Å². The average Bonchev–Trinajstić information content (AvgIpc) is 2.90. The minimum Gasteiger partial charge on any atom is -0.268 e. The van der Waals surface area contributed by atoms with Gasteiger partial charge < -0.3 is 0 Å². The SMILES string of the molecule is Cc1ccc(N=Nc2sc(-n3[nH]c(=O)ccc3=O)nc2C)cc1. The third-order valence-electron chi connectivity index (χ3n) is 3.06. The van der Waals surface area contributed by atoms with Crippen LogP contribution in [0.25, 0.3) is 5.13 Å². The first-order chi connectivity index (χ1) is 11.0. The highest BCUT2D eigenvalue weighted by Gasteiger charge is 2.10. The van der Waals surface area contributed by atoms with Crippen molar-refractivity contribution in [3.63, 3.8) is 0 Å². The zero-order valence-electron chi connectivity index (χ0n) is 12.5. The first kappa shape index (κ1) is 15.0. The molecule has 0 unspecified atom stereocenters. The monoisotopic (exact) mass is 327 g/mol. The Hall–Kier alpha value is -2.87. The van der Waals surface area contributed by atoms with Crippen LogP contribution in [0.1, 0.15) is 11.3 Å². The molecule has 0 saturated heterocycles. The molecule has 116 valence electrons. The zero-order valence-corrected chi connectivity index (χ0v) is 13.3. The number of nitrogens with one attached hydrogen (secondary N) is 1. The predicted octanol–water partition coefficient (Wildman–Crippen LogP) is 3.01. The van der Waals surface area contributed by atoms with E-state index in [0.717, 1.165) is 15.9 Å². The summed E-state index contributed by atoms with van der Waals surface area (Å²) in [7, 11) is 0. The minimum atomic E-state index is -0.375. The van der Waals surface area contributed by atoms with Crippen molar-refractivity contribution in [2.75, 3.05) is 0 Å². The molecule has 0 aliphatic carbocycles. The molecular formula is C15H13N5O2S. The van der Waals surface area contributed by atoms with Crippen LogP contribution in [0.15, 0.2) is 56.2 Å². The normalized spacial score (nSPS) is 11.2. The van der Waals surface area contributed by atoms with Crippen LogP contribution in [0.5, 0.6) is 0 Å². The number of aromatic amines is 1. The van der Waals surface area contributed by atoms with E-state index in [1.54, 1.807) is 6.92 Å². The van der Waals surface area contributed by atoms with Crippen molar-refractivity contribution >= 4 is 22.0 Å². The quantitative estimate of drug-likeness (QED) is 0.749. The Morgan fingerprint density at radius 2 is 1.78 bits per heavy atom. The van der Waals surface area contributed by atoms with E-state index in [1.807, 2.05) is 31.2 Å². The lowest BCUT2D eigenvalue weighted by atomic mass is 10.2. The van der Waals surface area contributed by atoms with Crippen molar-refractivity contribution in [3.05, 3.63) is 68.4 Å². The smallest absolute Gasteiger partial charge is 0.268 e. The van der Waals surface area contributed by atoms with Gasteiger partial charge in [-0.2, -0.15) is 4.68 Å². The van der Waals surface area contributed by atoms with Gasteiger partial charge in [0.25, 0.3) is 11.1 Å². The number of hydrogen-bond acceptors (Lipinski definition) is 6. The second-order valence-corrected chi connectivity index (χ2v) is 5.86. The van der Waals surface area contributed by atoms with Crippen molar-refractivity contribution in [2.45, 2.75) is 13.8 Å². The second-order valence-electron chi connectivity index (χ2n) is 4.91. The van der Waals surface area contributed by atoms with E-state index in [1.165, 1.54) is 23.5 Å². The Labute approximate surface area is 135 Å². The molecule has 0 spiro atoms. The van der Waals surface area contributed by atoms with Crippen LogP contribution in [-0.4, -0.2) is 14.8 Å². The molecule has 7 nitrogen and oxygen atoms in total. The van der Waals surface area contributed by atoms with Gasteiger partial charge in [0.1, 0.15) is 0 Å². The highest BCUT2D eigenvalue weighted by Crippen LogP contribution is 2.30. The first-order valence-electron chi connectivity index (χ1n) is 6.81. The fourth-order valence-electron chi connectivity index (χ4n) is 1.84. The summed E-state index contributed by atoms with van der Waals surface area (Å²) in [4.78, 5) is 27.4. The van der Waals surface area contributed by atoms with Crippen LogP contribution in [0.2, 0.25) is 0 Å². The molecule has 8 heteroatoms. The van der Waals surface area contributed by atoms with E-state index in [0.29, 0.717) is 15.8 Å². The zero-order chi connectivity index (χ0) is 16.4. The number of rotatable bonds is 3. The predicted molar refractivity (Wildman–Crippen MR) is 88.4 cm³/mol. The summed E-state index contributed by atoms with van der Waals surface area (Å²) >= 11 is 1.18. The lowest BCUT2D eigenvalue weighted by molar-refractivity contribution is 0.777. The number of nitrogens with zero attached hydrogens (tertiary/aromatic N) is 4.